The molecule has 15 heavy (non-hydrogen) atoms. The molecule has 0 aliphatic heterocycles. The third-order valence-corrected chi connectivity index (χ3v) is 3.79. The number of fused-ring (bicyclic) bond motifs is 1. The standard InChI is InChI=1S/C10H11ClIN3/c1-5(2)7-4-8(11)15-10(13-7)9(12)6(3)14-15/h4-5H,1-3H3. The molecule has 0 amide bonds. The fourth-order valence-corrected chi connectivity index (χ4v) is 2.06. The molecule has 2 aromatic heterocycles. The van der Waals surface area contributed by atoms with Crippen LogP contribution in [0.15, 0.2) is 6.07 Å². The molecule has 0 aromatic carbocycles. The van der Waals surface area contributed by atoms with E-state index in [0.717, 1.165) is 20.6 Å². The van der Waals surface area contributed by atoms with Crippen molar-refractivity contribution in [3.8, 4) is 0 Å². The minimum absolute atomic E-state index is 0.374. The maximum atomic E-state index is 6.15. The molecule has 0 atom stereocenters. The average Bonchev–Trinajstić information content (AvgIpc) is 2.45. The van der Waals surface area contributed by atoms with Gasteiger partial charge in [-0.1, -0.05) is 25.4 Å². The van der Waals surface area contributed by atoms with Crippen LogP contribution in [0.25, 0.3) is 5.65 Å². The van der Waals surface area contributed by atoms with Crippen LogP contribution in [0, 0.1) is 10.5 Å². The van der Waals surface area contributed by atoms with Crippen LogP contribution < -0.4 is 0 Å². The van der Waals surface area contributed by atoms with Crippen molar-refractivity contribution in [1.29, 1.82) is 0 Å². The minimum Gasteiger partial charge on any atom is -0.232 e. The Morgan fingerprint density at radius 1 is 1.47 bits per heavy atom. The second-order valence-corrected chi connectivity index (χ2v) is 5.26. The van der Waals surface area contributed by atoms with Crippen LogP contribution in [0.4, 0.5) is 0 Å². The molecule has 80 valence electrons. The topological polar surface area (TPSA) is 30.2 Å². The fraction of sp³-hybridized carbons (Fsp3) is 0.400. The Balaban J connectivity index is 2.79. The van der Waals surface area contributed by atoms with Crippen molar-refractivity contribution in [2.24, 2.45) is 0 Å². The van der Waals surface area contributed by atoms with E-state index >= 15 is 0 Å². The Morgan fingerprint density at radius 2 is 2.13 bits per heavy atom. The lowest BCUT2D eigenvalue weighted by atomic mass is 10.1. The summed E-state index contributed by atoms with van der Waals surface area (Å²) in [6.45, 7) is 6.17. The highest BCUT2D eigenvalue weighted by molar-refractivity contribution is 14.1. The zero-order valence-corrected chi connectivity index (χ0v) is 11.7. The molecule has 0 fully saturated rings. The molecule has 2 rings (SSSR count). The number of hydrogen-bond donors (Lipinski definition) is 0. The summed E-state index contributed by atoms with van der Waals surface area (Å²) >= 11 is 8.40. The summed E-state index contributed by atoms with van der Waals surface area (Å²) < 4.78 is 2.75. The van der Waals surface area contributed by atoms with Gasteiger partial charge in [0.25, 0.3) is 0 Å². The zero-order chi connectivity index (χ0) is 11.2. The van der Waals surface area contributed by atoms with E-state index in [1.165, 1.54) is 0 Å². The number of halogens is 2. The van der Waals surface area contributed by atoms with Gasteiger partial charge in [-0.15, -0.1) is 0 Å². The van der Waals surface area contributed by atoms with Gasteiger partial charge in [0, 0.05) is 5.69 Å². The highest BCUT2D eigenvalue weighted by Gasteiger charge is 2.13. The van der Waals surface area contributed by atoms with Crippen molar-refractivity contribution in [2.45, 2.75) is 26.7 Å². The van der Waals surface area contributed by atoms with Crippen LogP contribution in [-0.4, -0.2) is 14.6 Å². The Kier molecular flexibility index (Phi) is 2.89. The number of aryl methyl sites for hydroxylation is 1. The summed E-state index contributed by atoms with van der Waals surface area (Å²) in [6.07, 6.45) is 0. The van der Waals surface area contributed by atoms with E-state index in [-0.39, 0.29) is 0 Å². The van der Waals surface area contributed by atoms with Crippen LogP contribution in [0.2, 0.25) is 5.15 Å². The molecular formula is C10H11ClIN3. The number of nitrogens with zero attached hydrogens (tertiary/aromatic N) is 3. The van der Waals surface area contributed by atoms with Crippen molar-refractivity contribution in [2.75, 3.05) is 0 Å². The van der Waals surface area contributed by atoms with Gasteiger partial charge >= 0.3 is 0 Å². The molecule has 0 saturated heterocycles. The smallest absolute Gasteiger partial charge is 0.170 e. The molecule has 0 aliphatic carbocycles. The Labute approximate surface area is 107 Å². The quantitative estimate of drug-likeness (QED) is 0.590. The van der Waals surface area contributed by atoms with Crippen LogP contribution >= 0.6 is 34.2 Å². The Bertz CT molecular complexity index is 519. The molecule has 2 heterocycles. The molecular weight excluding hydrogens is 324 g/mol. The van der Waals surface area contributed by atoms with Gasteiger partial charge in [-0.25, -0.2) is 9.50 Å². The second-order valence-electron chi connectivity index (χ2n) is 3.79. The highest BCUT2D eigenvalue weighted by atomic mass is 127. The lowest BCUT2D eigenvalue weighted by molar-refractivity contribution is 0.807. The Hall–Kier alpha value is -0.360. The fourth-order valence-electron chi connectivity index (χ4n) is 1.37. The van der Waals surface area contributed by atoms with Gasteiger partial charge in [-0.05, 0) is 41.5 Å². The molecule has 3 nitrogen and oxygen atoms in total. The summed E-state index contributed by atoms with van der Waals surface area (Å²) in [5.41, 5.74) is 2.82. The van der Waals surface area contributed by atoms with Crippen molar-refractivity contribution in [3.05, 3.63) is 26.2 Å². The lowest BCUT2D eigenvalue weighted by Gasteiger charge is -2.05. The van der Waals surface area contributed by atoms with Gasteiger partial charge < -0.3 is 0 Å². The number of aromatic nitrogens is 3. The van der Waals surface area contributed by atoms with Crippen molar-refractivity contribution in [1.82, 2.24) is 14.6 Å². The van der Waals surface area contributed by atoms with Crippen molar-refractivity contribution in [3.63, 3.8) is 0 Å². The summed E-state index contributed by atoms with van der Waals surface area (Å²) in [7, 11) is 0. The third kappa shape index (κ3) is 1.85. The average molecular weight is 336 g/mol. The molecule has 0 radical (unpaired) electrons. The first-order valence-electron chi connectivity index (χ1n) is 4.72. The molecule has 2 aromatic rings. The first-order chi connectivity index (χ1) is 7.00. The molecule has 0 saturated carbocycles. The van der Waals surface area contributed by atoms with E-state index in [0.29, 0.717) is 11.1 Å². The highest BCUT2D eigenvalue weighted by Crippen LogP contribution is 2.23. The summed E-state index contributed by atoms with van der Waals surface area (Å²) in [4.78, 5) is 4.56. The molecule has 0 aliphatic rings. The molecule has 0 N–H and O–H groups in total. The normalized spacial score (nSPS) is 11.6. The SMILES string of the molecule is Cc1nn2c(Cl)cc(C(C)C)nc2c1I. The lowest BCUT2D eigenvalue weighted by Crippen LogP contribution is -1.99. The monoisotopic (exact) mass is 335 g/mol. The predicted octanol–water partition coefficient (Wildman–Crippen LogP) is 3.42. The first-order valence-corrected chi connectivity index (χ1v) is 6.17. The van der Waals surface area contributed by atoms with Gasteiger partial charge in [0.05, 0.1) is 9.26 Å². The van der Waals surface area contributed by atoms with Crippen LogP contribution in [0.1, 0.15) is 31.2 Å². The first kappa shape index (κ1) is 11.1. The van der Waals surface area contributed by atoms with E-state index in [1.54, 1.807) is 4.52 Å². The van der Waals surface area contributed by atoms with Gasteiger partial charge in [-0.3, -0.25) is 0 Å². The second kappa shape index (κ2) is 3.90. The molecule has 0 bridgehead atoms. The minimum atomic E-state index is 0.374. The van der Waals surface area contributed by atoms with Crippen molar-refractivity contribution < 1.29 is 0 Å². The van der Waals surface area contributed by atoms with Crippen LogP contribution in [-0.2, 0) is 0 Å². The van der Waals surface area contributed by atoms with E-state index < -0.39 is 0 Å². The maximum Gasteiger partial charge on any atom is 0.170 e. The van der Waals surface area contributed by atoms with E-state index in [4.69, 9.17) is 11.6 Å². The maximum absolute atomic E-state index is 6.15. The van der Waals surface area contributed by atoms with Crippen LogP contribution in [0.5, 0.6) is 0 Å². The van der Waals surface area contributed by atoms with Gasteiger partial charge in [0.15, 0.2) is 5.65 Å². The third-order valence-electron chi connectivity index (χ3n) is 2.26. The zero-order valence-electron chi connectivity index (χ0n) is 8.75. The van der Waals surface area contributed by atoms with E-state index in [2.05, 4.69) is 46.5 Å². The van der Waals surface area contributed by atoms with Crippen LogP contribution in [0.3, 0.4) is 0 Å². The molecule has 5 heteroatoms. The van der Waals surface area contributed by atoms with E-state index in [9.17, 15) is 0 Å². The van der Waals surface area contributed by atoms with Gasteiger partial charge in [0.2, 0.25) is 0 Å². The molecule has 0 spiro atoms. The summed E-state index contributed by atoms with van der Waals surface area (Å²) in [5, 5.41) is 4.95. The predicted molar refractivity (Wildman–Crippen MR) is 69.5 cm³/mol. The largest absolute Gasteiger partial charge is 0.232 e. The molecule has 0 unspecified atom stereocenters. The Morgan fingerprint density at radius 3 is 2.73 bits per heavy atom. The number of hydrogen-bond acceptors (Lipinski definition) is 2. The number of rotatable bonds is 1. The summed E-state index contributed by atoms with van der Waals surface area (Å²) in [6, 6.07) is 1.88. The summed E-state index contributed by atoms with van der Waals surface area (Å²) in [5.74, 6) is 0.374. The van der Waals surface area contributed by atoms with Crippen molar-refractivity contribution >= 4 is 39.8 Å². The van der Waals surface area contributed by atoms with E-state index in [1.807, 2.05) is 13.0 Å². The van der Waals surface area contributed by atoms with Gasteiger partial charge in [-0.2, -0.15) is 5.10 Å². The van der Waals surface area contributed by atoms with Gasteiger partial charge in [0.1, 0.15) is 5.15 Å².